The summed E-state index contributed by atoms with van der Waals surface area (Å²) in [6.07, 6.45) is 7.33. The molecule has 1 aromatic carbocycles. The Hall–Kier alpha value is -4.16. The molecule has 10 nitrogen and oxygen atoms in total. The molecule has 300 valence electrons. The molecule has 1 unspecified atom stereocenters. The number of amides is 2. The molecule has 5 rings (SSSR count). The van der Waals surface area contributed by atoms with Gasteiger partial charge in [-0.2, -0.15) is 0 Å². The lowest BCUT2D eigenvalue weighted by Gasteiger charge is -2.36. The molecule has 2 aromatic heterocycles. The standard InChI is InChI=1S/C43H59F2N5O5/c1-9-10-33-34(21-42(8,41-46-13-14-54-41)22-35(33)40(53)50(24-27(4)5)25-28(6)7)39(52)48-36(18-29-16-30(44)19-31(45)17-29)37(51)23-47-43(11-12-43)38-20-32(49-55-38)15-26(2)3/h13-14,16-17,19-21,26-28,36-37,47,51H,9-12,15,18,22-25H2,1-8H3,(H,48,52)/t36-,37+,42?/m0/s1. The Bertz CT molecular complexity index is 1810. The van der Waals surface area contributed by atoms with Crippen LogP contribution in [0.25, 0.3) is 0 Å². The van der Waals surface area contributed by atoms with Crippen molar-refractivity contribution >= 4 is 11.8 Å². The minimum atomic E-state index is -1.18. The van der Waals surface area contributed by atoms with Crippen LogP contribution in [-0.4, -0.2) is 63.7 Å². The Morgan fingerprint density at radius 3 is 2.22 bits per heavy atom. The van der Waals surface area contributed by atoms with Gasteiger partial charge in [-0.1, -0.05) is 66.1 Å². The SMILES string of the molecule is CCCC1=C(C(=O)N(CC(C)C)CC(C)C)CC(C)(c2ncco2)C=C1C(=O)N[C@@H](Cc1cc(F)cc(F)c1)[C@H](O)CNC1(c2cc(CC(C)C)no2)CC1. The summed E-state index contributed by atoms with van der Waals surface area (Å²) in [5.41, 5.74) is 1.15. The zero-order valence-electron chi connectivity index (χ0n) is 33.7. The molecule has 2 aliphatic rings. The topological polar surface area (TPSA) is 134 Å². The van der Waals surface area contributed by atoms with Crippen molar-refractivity contribution < 1.29 is 32.4 Å². The van der Waals surface area contributed by atoms with Gasteiger partial charge in [0.1, 0.15) is 17.9 Å². The number of aliphatic hydroxyl groups excluding tert-OH is 1. The van der Waals surface area contributed by atoms with Gasteiger partial charge in [-0.25, -0.2) is 13.8 Å². The van der Waals surface area contributed by atoms with E-state index in [0.29, 0.717) is 60.2 Å². The summed E-state index contributed by atoms with van der Waals surface area (Å²) >= 11 is 0. The lowest BCUT2D eigenvalue weighted by atomic mass is 9.72. The Morgan fingerprint density at radius 1 is 0.982 bits per heavy atom. The maximum absolute atomic E-state index is 14.7. The van der Waals surface area contributed by atoms with Gasteiger partial charge in [-0.3, -0.25) is 9.59 Å². The first-order valence-corrected chi connectivity index (χ1v) is 19.8. The average molecular weight is 764 g/mol. The first-order chi connectivity index (χ1) is 26.0. The Morgan fingerprint density at radius 2 is 1.65 bits per heavy atom. The highest BCUT2D eigenvalue weighted by Gasteiger charge is 2.48. The maximum Gasteiger partial charge on any atom is 0.251 e. The molecule has 1 fully saturated rings. The summed E-state index contributed by atoms with van der Waals surface area (Å²) in [5.74, 6) is -0.236. The Balaban J connectivity index is 1.49. The number of oxazole rings is 1. The third kappa shape index (κ3) is 10.6. The van der Waals surface area contributed by atoms with Crippen molar-refractivity contribution in [3.63, 3.8) is 0 Å². The second-order valence-electron chi connectivity index (χ2n) is 17.1. The van der Waals surface area contributed by atoms with E-state index in [1.807, 2.05) is 30.9 Å². The van der Waals surface area contributed by atoms with Crippen LogP contribution in [0.3, 0.4) is 0 Å². The summed E-state index contributed by atoms with van der Waals surface area (Å²) in [4.78, 5) is 35.6. The van der Waals surface area contributed by atoms with Crippen LogP contribution < -0.4 is 10.6 Å². The number of carbonyl (C=O) groups excluding carboxylic acids is 2. The molecule has 3 N–H and O–H groups in total. The number of nitrogens with one attached hydrogen (secondary N) is 2. The molecule has 0 saturated heterocycles. The third-order valence-electron chi connectivity index (χ3n) is 10.3. The predicted molar refractivity (Wildman–Crippen MR) is 207 cm³/mol. The monoisotopic (exact) mass is 763 g/mol. The minimum Gasteiger partial charge on any atom is -0.448 e. The van der Waals surface area contributed by atoms with Crippen LogP contribution in [0.2, 0.25) is 0 Å². The van der Waals surface area contributed by atoms with E-state index in [4.69, 9.17) is 8.94 Å². The second-order valence-corrected chi connectivity index (χ2v) is 17.1. The number of carbonyl (C=O) groups is 2. The Kier molecular flexibility index (Phi) is 13.6. The molecular formula is C43H59F2N5O5. The third-order valence-corrected chi connectivity index (χ3v) is 10.3. The molecule has 0 radical (unpaired) electrons. The number of hydrogen-bond acceptors (Lipinski definition) is 8. The van der Waals surface area contributed by atoms with E-state index >= 15 is 0 Å². The minimum absolute atomic E-state index is 0.0524. The molecule has 1 saturated carbocycles. The number of aliphatic hydroxyl groups is 1. The van der Waals surface area contributed by atoms with Gasteiger partial charge < -0.3 is 29.6 Å². The van der Waals surface area contributed by atoms with Crippen LogP contribution in [0.5, 0.6) is 0 Å². The molecule has 55 heavy (non-hydrogen) atoms. The number of allylic oxidation sites excluding steroid dienone is 1. The van der Waals surface area contributed by atoms with Gasteiger partial charge in [0.25, 0.3) is 5.91 Å². The van der Waals surface area contributed by atoms with E-state index in [0.717, 1.165) is 31.0 Å². The van der Waals surface area contributed by atoms with Gasteiger partial charge in [-0.05, 0) is 86.5 Å². The van der Waals surface area contributed by atoms with Gasteiger partial charge in [0.15, 0.2) is 5.76 Å². The van der Waals surface area contributed by atoms with Crippen LogP contribution in [-0.2, 0) is 33.4 Å². The van der Waals surface area contributed by atoms with Gasteiger partial charge in [-0.15, -0.1) is 0 Å². The fraction of sp³-hybridized carbons (Fsp3) is 0.581. The first kappa shape index (κ1) is 42.0. The Labute approximate surface area is 324 Å². The number of rotatable bonds is 19. The summed E-state index contributed by atoms with van der Waals surface area (Å²) in [6.45, 7) is 17.6. The summed E-state index contributed by atoms with van der Waals surface area (Å²) in [5, 5.41) is 22.5. The number of nitrogens with zero attached hydrogens (tertiary/aromatic N) is 3. The van der Waals surface area contributed by atoms with Crippen LogP contribution in [0.15, 0.2) is 68.5 Å². The van der Waals surface area contributed by atoms with Gasteiger partial charge >= 0.3 is 0 Å². The predicted octanol–water partition coefficient (Wildman–Crippen LogP) is 7.33. The van der Waals surface area contributed by atoms with Crippen LogP contribution >= 0.6 is 0 Å². The maximum atomic E-state index is 14.7. The smallest absolute Gasteiger partial charge is 0.251 e. The van der Waals surface area contributed by atoms with Gasteiger partial charge in [0.05, 0.1) is 35.0 Å². The molecule has 3 atom stereocenters. The van der Waals surface area contributed by atoms with Crippen molar-refractivity contribution in [1.82, 2.24) is 25.7 Å². The summed E-state index contributed by atoms with van der Waals surface area (Å²) in [6, 6.07) is 4.17. The molecule has 2 aliphatic carbocycles. The highest BCUT2D eigenvalue weighted by molar-refractivity contribution is 6.04. The molecule has 2 heterocycles. The van der Waals surface area contributed by atoms with Gasteiger partial charge in [0, 0.05) is 42.9 Å². The second kappa shape index (κ2) is 17.7. The van der Waals surface area contributed by atoms with Crippen molar-refractivity contribution in [3.8, 4) is 0 Å². The van der Waals surface area contributed by atoms with Crippen molar-refractivity contribution in [2.24, 2.45) is 17.8 Å². The van der Waals surface area contributed by atoms with Crippen molar-refractivity contribution in [2.45, 2.75) is 123 Å². The summed E-state index contributed by atoms with van der Waals surface area (Å²) in [7, 11) is 0. The lowest BCUT2D eigenvalue weighted by molar-refractivity contribution is -0.128. The number of hydrogen-bond donors (Lipinski definition) is 3. The summed E-state index contributed by atoms with van der Waals surface area (Å²) < 4.78 is 40.4. The zero-order valence-corrected chi connectivity index (χ0v) is 33.7. The van der Waals surface area contributed by atoms with Gasteiger partial charge in [0.2, 0.25) is 11.8 Å². The fourth-order valence-corrected chi connectivity index (χ4v) is 7.63. The molecule has 0 aliphatic heterocycles. The van der Waals surface area contributed by atoms with E-state index in [9.17, 15) is 23.5 Å². The number of aromatic nitrogens is 2. The van der Waals surface area contributed by atoms with E-state index in [1.54, 1.807) is 6.20 Å². The van der Waals surface area contributed by atoms with Crippen molar-refractivity contribution in [2.75, 3.05) is 19.6 Å². The van der Waals surface area contributed by atoms with E-state index in [2.05, 4.69) is 62.3 Å². The normalized spacial score (nSPS) is 19.2. The highest BCUT2D eigenvalue weighted by Crippen LogP contribution is 2.46. The van der Waals surface area contributed by atoms with E-state index in [-0.39, 0.29) is 42.7 Å². The number of benzene rings is 1. The number of halogens is 2. The lowest BCUT2D eigenvalue weighted by Crippen LogP contribution is -2.51. The average Bonchev–Trinajstić information content (AvgIpc) is 3.43. The van der Waals surface area contributed by atoms with E-state index < -0.39 is 40.6 Å². The fourth-order valence-electron chi connectivity index (χ4n) is 7.63. The molecule has 2 amide bonds. The van der Waals surface area contributed by atoms with Crippen LogP contribution in [0.1, 0.15) is 110 Å². The highest BCUT2D eigenvalue weighted by atomic mass is 19.1. The van der Waals surface area contributed by atoms with Crippen LogP contribution in [0.4, 0.5) is 8.78 Å². The molecule has 0 spiro atoms. The molecule has 0 bridgehead atoms. The molecular weight excluding hydrogens is 704 g/mol. The zero-order chi connectivity index (χ0) is 40.1. The first-order valence-electron chi connectivity index (χ1n) is 19.8. The van der Waals surface area contributed by atoms with E-state index in [1.165, 1.54) is 18.4 Å². The largest absolute Gasteiger partial charge is 0.448 e. The quantitative estimate of drug-likeness (QED) is 0.116. The molecule has 12 heteroatoms. The van der Waals surface area contributed by atoms with Crippen molar-refractivity contribution in [3.05, 3.63) is 94.1 Å². The van der Waals surface area contributed by atoms with Crippen LogP contribution in [0, 0.1) is 29.4 Å². The molecule has 3 aromatic rings. The van der Waals surface area contributed by atoms with Crippen molar-refractivity contribution in [1.29, 1.82) is 0 Å².